The largest absolute Gasteiger partial charge is 0.368 e. The zero-order valence-corrected chi connectivity index (χ0v) is 15.8. The molecule has 0 radical (unpaired) electrons. The Kier molecular flexibility index (Phi) is 6.56. The number of para-hydroxylation sites is 1. The predicted molar refractivity (Wildman–Crippen MR) is 106 cm³/mol. The van der Waals surface area contributed by atoms with Crippen molar-refractivity contribution in [2.45, 2.75) is 19.8 Å². The number of rotatable bonds is 5. The zero-order chi connectivity index (χ0) is 17.5. The molecule has 5 heteroatoms. The number of aliphatic imine (C=N–C) groups is 1. The molecule has 0 aromatic heterocycles. The lowest BCUT2D eigenvalue weighted by Gasteiger charge is -2.38. The zero-order valence-electron chi connectivity index (χ0n) is 15.8. The molecule has 2 heterocycles. The fourth-order valence-electron chi connectivity index (χ4n) is 3.88. The Balaban J connectivity index is 1.43. The number of anilines is 1. The molecule has 0 spiro atoms. The van der Waals surface area contributed by atoms with Crippen LogP contribution in [-0.2, 0) is 0 Å². The minimum atomic E-state index is 0.653. The van der Waals surface area contributed by atoms with Crippen LogP contribution in [0.15, 0.2) is 35.3 Å². The summed E-state index contributed by atoms with van der Waals surface area (Å²) in [6, 6.07) is 10.7. The summed E-state index contributed by atoms with van der Waals surface area (Å²) in [6.45, 7) is 11.2. The van der Waals surface area contributed by atoms with Gasteiger partial charge in [0.25, 0.3) is 0 Å². The summed E-state index contributed by atoms with van der Waals surface area (Å²) >= 11 is 0. The van der Waals surface area contributed by atoms with E-state index in [-0.39, 0.29) is 0 Å². The van der Waals surface area contributed by atoms with Crippen molar-refractivity contribution in [1.29, 1.82) is 0 Å². The minimum Gasteiger partial charge on any atom is -0.368 e. The SMILES string of the molecule is CN=C(NCC(C)CN1CCCC1)N1CCN(c2ccccc2)CC1. The van der Waals surface area contributed by atoms with E-state index in [9.17, 15) is 0 Å². The van der Waals surface area contributed by atoms with E-state index in [2.05, 4.69) is 62.3 Å². The van der Waals surface area contributed by atoms with Gasteiger partial charge in [-0.2, -0.15) is 0 Å². The lowest BCUT2D eigenvalue weighted by atomic mass is 10.1. The van der Waals surface area contributed by atoms with E-state index in [0.29, 0.717) is 5.92 Å². The molecule has 0 saturated carbocycles. The molecule has 0 bridgehead atoms. The first-order valence-electron chi connectivity index (χ1n) is 9.74. The Morgan fingerprint density at radius 1 is 1.04 bits per heavy atom. The Labute approximate surface area is 152 Å². The van der Waals surface area contributed by atoms with Gasteiger partial charge in [0.05, 0.1) is 0 Å². The van der Waals surface area contributed by atoms with E-state index in [1.54, 1.807) is 0 Å². The summed E-state index contributed by atoms with van der Waals surface area (Å²) < 4.78 is 0. The monoisotopic (exact) mass is 343 g/mol. The maximum Gasteiger partial charge on any atom is 0.193 e. The molecule has 1 atom stereocenters. The van der Waals surface area contributed by atoms with Crippen LogP contribution in [0.3, 0.4) is 0 Å². The topological polar surface area (TPSA) is 34.1 Å². The highest BCUT2D eigenvalue weighted by molar-refractivity contribution is 5.80. The van der Waals surface area contributed by atoms with Crippen LogP contribution in [0.25, 0.3) is 0 Å². The molecular formula is C20H33N5. The van der Waals surface area contributed by atoms with E-state index >= 15 is 0 Å². The van der Waals surface area contributed by atoms with E-state index in [1.807, 2.05) is 7.05 Å². The van der Waals surface area contributed by atoms with Crippen molar-refractivity contribution < 1.29 is 0 Å². The molecule has 2 fully saturated rings. The van der Waals surface area contributed by atoms with Crippen molar-refractivity contribution >= 4 is 11.6 Å². The van der Waals surface area contributed by atoms with Crippen LogP contribution in [0.4, 0.5) is 5.69 Å². The number of benzene rings is 1. The number of nitrogens with one attached hydrogen (secondary N) is 1. The fourth-order valence-corrected chi connectivity index (χ4v) is 3.88. The van der Waals surface area contributed by atoms with Crippen molar-refractivity contribution in [2.75, 3.05) is 64.3 Å². The van der Waals surface area contributed by atoms with Gasteiger partial charge in [0.2, 0.25) is 0 Å². The normalized spacial score (nSPS) is 20.8. The van der Waals surface area contributed by atoms with Crippen LogP contribution >= 0.6 is 0 Å². The highest BCUT2D eigenvalue weighted by Crippen LogP contribution is 2.15. The molecular weight excluding hydrogens is 310 g/mol. The van der Waals surface area contributed by atoms with Crippen molar-refractivity contribution in [3.63, 3.8) is 0 Å². The first kappa shape index (κ1) is 18.1. The second-order valence-corrected chi connectivity index (χ2v) is 7.35. The van der Waals surface area contributed by atoms with Gasteiger partial charge in [-0.15, -0.1) is 0 Å². The Bertz CT molecular complexity index is 530. The van der Waals surface area contributed by atoms with E-state index < -0.39 is 0 Å². The molecule has 25 heavy (non-hydrogen) atoms. The Morgan fingerprint density at radius 2 is 1.72 bits per heavy atom. The first-order chi connectivity index (χ1) is 12.3. The lowest BCUT2D eigenvalue weighted by Crippen LogP contribution is -2.53. The average Bonchev–Trinajstić information content (AvgIpc) is 3.16. The third-order valence-corrected chi connectivity index (χ3v) is 5.29. The summed E-state index contributed by atoms with van der Waals surface area (Å²) in [5.41, 5.74) is 1.32. The quantitative estimate of drug-likeness (QED) is 0.656. The number of hydrogen-bond donors (Lipinski definition) is 1. The molecule has 2 aliphatic heterocycles. The minimum absolute atomic E-state index is 0.653. The van der Waals surface area contributed by atoms with E-state index in [4.69, 9.17) is 0 Å². The van der Waals surface area contributed by atoms with Gasteiger partial charge in [0.15, 0.2) is 5.96 Å². The third-order valence-electron chi connectivity index (χ3n) is 5.29. The van der Waals surface area contributed by atoms with Crippen molar-refractivity contribution in [1.82, 2.24) is 15.1 Å². The standard InChI is InChI=1S/C20H33N5/c1-18(17-23-10-6-7-11-23)16-22-20(21-2)25-14-12-24(13-15-25)19-8-4-3-5-9-19/h3-5,8-9,18H,6-7,10-17H2,1-2H3,(H,21,22). The van der Waals surface area contributed by atoms with E-state index in [0.717, 1.165) is 38.7 Å². The summed E-state index contributed by atoms with van der Waals surface area (Å²) in [7, 11) is 1.90. The first-order valence-corrected chi connectivity index (χ1v) is 9.74. The van der Waals surface area contributed by atoms with Crippen LogP contribution in [-0.4, -0.2) is 75.2 Å². The number of piperazine rings is 1. The highest BCUT2D eigenvalue weighted by Gasteiger charge is 2.20. The predicted octanol–water partition coefficient (Wildman–Crippen LogP) is 2.12. The summed E-state index contributed by atoms with van der Waals surface area (Å²) in [6.07, 6.45) is 2.74. The van der Waals surface area contributed by atoms with Gasteiger partial charge in [-0.3, -0.25) is 4.99 Å². The molecule has 0 aliphatic carbocycles. The molecule has 1 aromatic carbocycles. The van der Waals surface area contributed by atoms with Crippen molar-refractivity contribution in [2.24, 2.45) is 10.9 Å². The van der Waals surface area contributed by atoms with E-state index in [1.165, 1.54) is 38.2 Å². The Hall–Kier alpha value is -1.75. The molecule has 1 N–H and O–H groups in total. The molecule has 1 unspecified atom stereocenters. The van der Waals surface area contributed by atoms with Crippen LogP contribution < -0.4 is 10.2 Å². The van der Waals surface area contributed by atoms with Crippen LogP contribution in [0.5, 0.6) is 0 Å². The number of likely N-dealkylation sites (tertiary alicyclic amines) is 1. The van der Waals surface area contributed by atoms with Gasteiger partial charge in [0, 0.05) is 52.0 Å². The molecule has 2 saturated heterocycles. The summed E-state index contributed by atoms with van der Waals surface area (Å²) in [5.74, 6) is 1.71. The number of nitrogens with zero attached hydrogens (tertiary/aromatic N) is 4. The van der Waals surface area contributed by atoms with Gasteiger partial charge < -0.3 is 20.0 Å². The van der Waals surface area contributed by atoms with Crippen molar-refractivity contribution in [3.8, 4) is 0 Å². The highest BCUT2D eigenvalue weighted by atomic mass is 15.3. The van der Waals surface area contributed by atoms with Gasteiger partial charge in [-0.05, 0) is 44.0 Å². The maximum atomic E-state index is 4.51. The lowest BCUT2D eigenvalue weighted by molar-refractivity contribution is 0.285. The van der Waals surface area contributed by atoms with Gasteiger partial charge in [-0.25, -0.2) is 0 Å². The molecule has 3 rings (SSSR count). The van der Waals surface area contributed by atoms with Crippen LogP contribution in [0.1, 0.15) is 19.8 Å². The van der Waals surface area contributed by atoms with Gasteiger partial charge >= 0.3 is 0 Å². The summed E-state index contributed by atoms with van der Waals surface area (Å²) in [4.78, 5) is 12.0. The van der Waals surface area contributed by atoms with Crippen LogP contribution in [0.2, 0.25) is 0 Å². The average molecular weight is 344 g/mol. The Morgan fingerprint density at radius 3 is 2.36 bits per heavy atom. The van der Waals surface area contributed by atoms with Crippen LogP contribution in [0, 0.1) is 5.92 Å². The second-order valence-electron chi connectivity index (χ2n) is 7.35. The van der Waals surface area contributed by atoms with Gasteiger partial charge in [0.1, 0.15) is 0 Å². The molecule has 1 aromatic rings. The van der Waals surface area contributed by atoms with Gasteiger partial charge in [-0.1, -0.05) is 25.1 Å². The molecule has 0 amide bonds. The second kappa shape index (κ2) is 9.09. The number of guanidine groups is 1. The molecule has 138 valence electrons. The smallest absolute Gasteiger partial charge is 0.193 e. The fraction of sp³-hybridized carbons (Fsp3) is 0.650. The molecule has 5 nitrogen and oxygen atoms in total. The molecule has 2 aliphatic rings. The summed E-state index contributed by atoms with van der Waals surface area (Å²) in [5, 5.41) is 3.60. The third kappa shape index (κ3) is 5.11. The maximum absolute atomic E-state index is 4.51. The number of hydrogen-bond acceptors (Lipinski definition) is 3. The van der Waals surface area contributed by atoms with Crippen molar-refractivity contribution in [3.05, 3.63) is 30.3 Å².